The molecule has 34 heavy (non-hydrogen) atoms. The second-order valence-corrected chi connectivity index (χ2v) is 7.15. The first-order valence-electron chi connectivity index (χ1n) is 9.57. The third kappa shape index (κ3) is 4.77. The van der Waals surface area contributed by atoms with Gasteiger partial charge in [0.2, 0.25) is 5.91 Å². The Balaban J connectivity index is 1.60. The Morgan fingerprint density at radius 2 is 1.50 bits per heavy atom. The smallest absolute Gasteiger partial charge is 0.326 e. The minimum atomic E-state index is -5.03. The first kappa shape index (κ1) is 23.0. The van der Waals surface area contributed by atoms with Crippen LogP contribution in [0.25, 0.3) is 22.6 Å². The molecule has 0 atom stereocenters. The van der Waals surface area contributed by atoms with Crippen molar-refractivity contribution < 1.29 is 31.1 Å². The van der Waals surface area contributed by atoms with Crippen molar-refractivity contribution in [3.05, 3.63) is 72.2 Å². The lowest BCUT2D eigenvalue weighted by Crippen LogP contribution is -2.13. The minimum absolute atomic E-state index is 0.0310. The van der Waals surface area contributed by atoms with Gasteiger partial charge in [0.15, 0.2) is 5.69 Å². The molecule has 0 bridgehead atoms. The highest BCUT2D eigenvalue weighted by molar-refractivity contribution is 5.88. The molecule has 7 nitrogen and oxygen atoms in total. The molecular weight excluding hydrogens is 466 g/mol. The van der Waals surface area contributed by atoms with Gasteiger partial charge in [0, 0.05) is 24.2 Å². The number of carbonyl (C=O) groups excluding carboxylic acids is 1. The van der Waals surface area contributed by atoms with Gasteiger partial charge in [-0.05, 0) is 36.4 Å². The Hall–Kier alpha value is -4.16. The van der Waals surface area contributed by atoms with Crippen LogP contribution in [0.15, 0.2) is 60.8 Å². The number of rotatable bonds is 4. The average molecular weight is 480 g/mol. The Morgan fingerprint density at radius 1 is 0.882 bits per heavy atom. The molecule has 13 heteroatoms. The van der Waals surface area contributed by atoms with Crippen LogP contribution < -0.4 is 5.32 Å². The summed E-state index contributed by atoms with van der Waals surface area (Å²) in [5.41, 5.74) is -1.30. The van der Waals surface area contributed by atoms with Gasteiger partial charge < -0.3 is 5.32 Å². The van der Waals surface area contributed by atoms with Gasteiger partial charge in [0.1, 0.15) is 11.4 Å². The maximum atomic E-state index is 13.3. The molecule has 2 aromatic carbocycles. The van der Waals surface area contributed by atoms with E-state index in [0.29, 0.717) is 22.6 Å². The Labute approximate surface area is 187 Å². The first-order valence-corrected chi connectivity index (χ1v) is 9.57. The van der Waals surface area contributed by atoms with Gasteiger partial charge in [-0.2, -0.15) is 31.4 Å². The quantitative estimate of drug-likeness (QED) is 0.412. The Bertz CT molecular complexity index is 1320. The molecule has 0 aliphatic carbocycles. The van der Waals surface area contributed by atoms with Gasteiger partial charge in [-0.15, -0.1) is 5.10 Å². The number of hydrogen-bond donors (Lipinski definition) is 1. The van der Waals surface area contributed by atoms with Crippen molar-refractivity contribution in [2.45, 2.75) is 19.3 Å². The summed E-state index contributed by atoms with van der Waals surface area (Å²) >= 11 is 0. The first-order chi connectivity index (χ1) is 15.9. The summed E-state index contributed by atoms with van der Waals surface area (Å²) in [6.07, 6.45) is -8.49. The van der Waals surface area contributed by atoms with Crippen LogP contribution in [0.5, 0.6) is 0 Å². The maximum Gasteiger partial charge on any atom is 0.435 e. The predicted molar refractivity (Wildman–Crippen MR) is 108 cm³/mol. The number of nitrogens with zero attached hydrogens (tertiary/aromatic N) is 5. The van der Waals surface area contributed by atoms with Gasteiger partial charge in [0.25, 0.3) is 0 Å². The number of anilines is 1. The van der Waals surface area contributed by atoms with Gasteiger partial charge >= 0.3 is 12.4 Å². The van der Waals surface area contributed by atoms with Crippen molar-refractivity contribution in [2.24, 2.45) is 0 Å². The van der Waals surface area contributed by atoms with Crippen LogP contribution in [0.3, 0.4) is 0 Å². The van der Waals surface area contributed by atoms with Crippen molar-refractivity contribution in [1.29, 1.82) is 0 Å². The van der Waals surface area contributed by atoms with Crippen molar-refractivity contribution in [2.75, 3.05) is 5.32 Å². The van der Waals surface area contributed by atoms with Gasteiger partial charge in [0.05, 0.1) is 17.6 Å². The number of alkyl halides is 6. The van der Waals surface area contributed by atoms with Crippen LogP contribution in [-0.2, 0) is 17.1 Å². The van der Waals surface area contributed by atoms with E-state index in [9.17, 15) is 31.1 Å². The highest BCUT2D eigenvalue weighted by Gasteiger charge is 2.42. The number of carbonyl (C=O) groups is 1. The molecule has 0 spiro atoms. The molecule has 1 N–H and O–H groups in total. The summed E-state index contributed by atoms with van der Waals surface area (Å²) in [6.45, 7) is 1.38. The molecule has 1 amide bonds. The number of halogens is 6. The van der Waals surface area contributed by atoms with Gasteiger partial charge in [-0.25, -0.2) is 9.36 Å². The van der Waals surface area contributed by atoms with Gasteiger partial charge in [-0.1, -0.05) is 17.3 Å². The van der Waals surface area contributed by atoms with E-state index in [-0.39, 0.29) is 22.3 Å². The lowest BCUT2D eigenvalue weighted by atomic mass is 10.1. The molecule has 0 aliphatic heterocycles. The highest BCUT2D eigenvalue weighted by atomic mass is 19.4. The van der Waals surface area contributed by atoms with Crippen LogP contribution >= 0.6 is 0 Å². The maximum absolute atomic E-state index is 13.3. The minimum Gasteiger partial charge on any atom is -0.326 e. The molecule has 176 valence electrons. The molecule has 4 aromatic rings. The summed E-state index contributed by atoms with van der Waals surface area (Å²) in [7, 11) is 0. The fourth-order valence-corrected chi connectivity index (χ4v) is 3.11. The van der Waals surface area contributed by atoms with Crippen LogP contribution in [0.1, 0.15) is 18.3 Å². The Kier molecular flexibility index (Phi) is 5.63. The van der Waals surface area contributed by atoms with E-state index in [0.717, 1.165) is 0 Å². The van der Waals surface area contributed by atoms with Crippen LogP contribution in [0, 0.1) is 0 Å². The average Bonchev–Trinajstić information content (AvgIpc) is 3.42. The van der Waals surface area contributed by atoms with E-state index < -0.39 is 23.7 Å². The zero-order valence-corrected chi connectivity index (χ0v) is 17.2. The fraction of sp³-hybridized carbons (Fsp3) is 0.143. The summed E-state index contributed by atoms with van der Waals surface area (Å²) in [5, 5.41) is 13.8. The second kappa shape index (κ2) is 8.32. The highest BCUT2D eigenvalue weighted by Crippen LogP contribution is 2.36. The molecule has 0 unspecified atom stereocenters. The standard InChI is InChI=1S/C21H14F6N6O/c1-12(34)28-14-4-8-15(9-5-14)32-11-17(29-31-32)13-2-6-16(7-3-13)33-19(21(25,26)27)10-18(30-33)20(22,23)24/h2-11H,1H3,(H,28,34). The molecular formula is C21H14F6N6O. The predicted octanol–water partition coefficient (Wildman–Crippen LogP) is 5.12. The molecule has 2 heterocycles. The van der Waals surface area contributed by atoms with Crippen molar-refractivity contribution in [3.63, 3.8) is 0 Å². The lowest BCUT2D eigenvalue weighted by molar-refractivity contribution is -0.143. The SMILES string of the molecule is CC(=O)Nc1ccc(-n2cc(-c3ccc(-n4nc(C(F)(F)F)cc4C(F)(F)F)cc3)nn2)cc1. The zero-order chi connectivity index (χ0) is 24.7. The molecule has 4 rings (SSSR count). The molecule has 0 saturated heterocycles. The van der Waals surface area contributed by atoms with E-state index >= 15 is 0 Å². The molecule has 0 aliphatic rings. The van der Waals surface area contributed by atoms with Crippen molar-refractivity contribution in [3.8, 4) is 22.6 Å². The third-order valence-corrected chi connectivity index (χ3v) is 4.64. The Morgan fingerprint density at radius 3 is 2.06 bits per heavy atom. The van der Waals surface area contributed by atoms with Crippen molar-refractivity contribution >= 4 is 11.6 Å². The summed E-state index contributed by atoms with van der Waals surface area (Å²) in [6, 6.07) is 11.9. The number of amides is 1. The molecule has 0 radical (unpaired) electrons. The summed E-state index contributed by atoms with van der Waals surface area (Å²) < 4.78 is 80.2. The monoisotopic (exact) mass is 480 g/mol. The van der Waals surface area contributed by atoms with Crippen LogP contribution in [0.4, 0.5) is 32.0 Å². The second-order valence-electron chi connectivity index (χ2n) is 7.15. The summed E-state index contributed by atoms with van der Waals surface area (Å²) in [4.78, 5) is 11.1. The lowest BCUT2D eigenvalue weighted by Gasteiger charge is -2.10. The van der Waals surface area contributed by atoms with E-state index in [2.05, 4.69) is 20.7 Å². The van der Waals surface area contributed by atoms with E-state index in [1.807, 2.05) is 0 Å². The van der Waals surface area contributed by atoms with E-state index in [1.54, 1.807) is 30.5 Å². The number of hydrogen-bond acceptors (Lipinski definition) is 4. The third-order valence-electron chi connectivity index (χ3n) is 4.64. The molecule has 0 saturated carbocycles. The van der Waals surface area contributed by atoms with Gasteiger partial charge in [-0.3, -0.25) is 4.79 Å². The molecule has 2 aromatic heterocycles. The molecule has 0 fully saturated rings. The number of benzene rings is 2. The van der Waals surface area contributed by atoms with Crippen LogP contribution in [0.2, 0.25) is 0 Å². The number of aromatic nitrogens is 5. The zero-order valence-electron chi connectivity index (χ0n) is 17.2. The van der Waals surface area contributed by atoms with E-state index in [1.165, 1.54) is 35.9 Å². The summed E-state index contributed by atoms with van der Waals surface area (Å²) in [5.74, 6) is -0.216. The largest absolute Gasteiger partial charge is 0.435 e. The van der Waals surface area contributed by atoms with E-state index in [4.69, 9.17) is 0 Å². The van der Waals surface area contributed by atoms with Crippen molar-refractivity contribution in [1.82, 2.24) is 24.8 Å². The fourth-order valence-electron chi connectivity index (χ4n) is 3.11. The normalized spacial score (nSPS) is 12.1. The topological polar surface area (TPSA) is 77.6 Å². The number of nitrogens with one attached hydrogen (secondary N) is 1. The van der Waals surface area contributed by atoms with Crippen LogP contribution in [-0.4, -0.2) is 30.7 Å².